The molecule has 0 aliphatic heterocycles. The minimum absolute atomic E-state index is 0.581. The fourth-order valence-electron chi connectivity index (χ4n) is 2.52. The van der Waals surface area contributed by atoms with Gasteiger partial charge in [-0.1, -0.05) is 48.5 Å². The van der Waals surface area contributed by atoms with E-state index in [2.05, 4.69) is 16.0 Å². The Morgan fingerprint density at radius 2 is 1.41 bits per heavy atom. The lowest BCUT2D eigenvalue weighted by atomic mass is 10.1. The van der Waals surface area contributed by atoms with E-state index >= 15 is 0 Å². The quantitative estimate of drug-likeness (QED) is 0.528. The van der Waals surface area contributed by atoms with E-state index in [1.807, 2.05) is 67.6 Å². The summed E-state index contributed by atoms with van der Waals surface area (Å²) in [5.41, 5.74) is 5.40. The van der Waals surface area contributed by atoms with E-state index < -0.39 is 0 Å². The molecular formula is C19H14N2O. The summed E-state index contributed by atoms with van der Waals surface area (Å²) in [6.07, 6.45) is 0. The second-order valence-electron chi connectivity index (χ2n) is 5.23. The van der Waals surface area contributed by atoms with Gasteiger partial charge in [-0.25, -0.2) is 9.97 Å². The summed E-state index contributed by atoms with van der Waals surface area (Å²) < 4.78 is 5.87. The SMILES string of the molecule is Cc1cc(-c2ccccc2)nc2oc(-c3ccccc3)nc12. The Kier molecular flexibility index (Phi) is 2.97. The van der Waals surface area contributed by atoms with Crippen molar-refractivity contribution in [1.29, 1.82) is 0 Å². The van der Waals surface area contributed by atoms with Gasteiger partial charge in [0.25, 0.3) is 0 Å². The Labute approximate surface area is 128 Å². The Hall–Kier alpha value is -2.94. The highest BCUT2D eigenvalue weighted by molar-refractivity contribution is 5.79. The van der Waals surface area contributed by atoms with Gasteiger partial charge in [-0.3, -0.25) is 0 Å². The number of fused-ring (bicyclic) bond motifs is 1. The van der Waals surface area contributed by atoms with Gasteiger partial charge in [-0.05, 0) is 30.7 Å². The van der Waals surface area contributed by atoms with Crippen molar-refractivity contribution < 1.29 is 4.42 Å². The molecule has 22 heavy (non-hydrogen) atoms. The molecule has 0 radical (unpaired) electrons. The molecule has 0 spiro atoms. The summed E-state index contributed by atoms with van der Waals surface area (Å²) in [4.78, 5) is 9.21. The molecule has 0 aliphatic carbocycles. The second-order valence-corrected chi connectivity index (χ2v) is 5.23. The number of oxazole rings is 1. The van der Waals surface area contributed by atoms with E-state index in [0.29, 0.717) is 11.6 Å². The molecule has 0 aliphatic rings. The van der Waals surface area contributed by atoms with Crippen LogP contribution in [0.4, 0.5) is 0 Å². The van der Waals surface area contributed by atoms with E-state index in [9.17, 15) is 0 Å². The van der Waals surface area contributed by atoms with E-state index in [0.717, 1.165) is 27.9 Å². The first-order chi connectivity index (χ1) is 10.8. The van der Waals surface area contributed by atoms with E-state index in [1.54, 1.807) is 0 Å². The van der Waals surface area contributed by atoms with Gasteiger partial charge in [-0.15, -0.1) is 0 Å². The maximum atomic E-state index is 5.87. The van der Waals surface area contributed by atoms with Crippen molar-refractivity contribution in [3.63, 3.8) is 0 Å². The van der Waals surface area contributed by atoms with Gasteiger partial charge in [0.2, 0.25) is 11.6 Å². The first-order valence-electron chi connectivity index (χ1n) is 7.20. The minimum atomic E-state index is 0.581. The molecule has 0 saturated heterocycles. The van der Waals surface area contributed by atoms with Crippen molar-refractivity contribution >= 4 is 11.2 Å². The molecule has 0 bridgehead atoms. The van der Waals surface area contributed by atoms with Crippen molar-refractivity contribution in [2.24, 2.45) is 0 Å². The number of aromatic nitrogens is 2. The second kappa shape index (κ2) is 5.11. The number of hydrogen-bond donors (Lipinski definition) is 0. The number of nitrogens with zero attached hydrogens (tertiary/aromatic N) is 2. The average molecular weight is 286 g/mol. The Morgan fingerprint density at radius 3 is 2.09 bits per heavy atom. The number of hydrogen-bond acceptors (Lipinski definition) is 3. The number of pyridine rings is 1. The molecule has 4 rings (SSSR count). The zero-order valence-electron chi connectivity index (χ0n) is 12.2. The van der Waals surface area contributed by atoms with Crippen LogP contribution in [0.25, 0.3) is 33.9 Å². The first kappa shape index (κ1) is 12.8. The highest BCUT2D eigenvalue weighted by Gasteiger charge is 2.13. The van der Waals surface area contributed by atoms with Crippen LogP contribution in [0.2, 0.25) is 0 Å². The fourth-order valence-corrected chi connectivity index (χ4v) is 2.52. The molecule has 4 aromatic rings. The van der Waals surface area contributed by atoms with Crippen LogP contribution in [0.15, 0.2) is 71.1 Å². The molecule has 2 heterocycles. The van der Waals surface area contributed by atoms with E-state index in [1.165, 1.54) is 0 Å². The van der Waals surface area contributed by atoms with Gasteiger partial charge < -0.3 is 4.42 Å². The van der Waals surface area contributed by atoms with E-state index in [4.69, 9.17) is 4.42 Å². The summed E-state index contributed by atoms with van der Waals surface area (Å²) in [5.74, 6) is 0.608. The van der Waals surface area contributed by atoms with Gasteiger partial charge in [-0.2, -0.15) is 0 Å². The first-order valence-corrected chi connectivity index (χ1v) is 7.20. The third-order valence-corrected chi connectivity index (χ3v) is 3.65. The van der Waals surface area contributed by atoms with Gasteiger partial charge in [0.1, 0.15) is 5.52 Å². The van der Waals surface area contributed by atoms with Crippen molar-refractivity contribution in [3.8, 4) is 22.7 Å². The van der Waals surface area contributed by atoms with Crippen molar-refractivity contribution in [3.05, 3.63) is 72.3 Å². The lowest BCUT2D eigenvalue weighted by Crippen LogP contribution is -1.86. The molecule has 2 aromatic heterocycles. The summed E-state index contributed by atoms with van der Waals surface area (Å²) in [6, 6.07) is 22.0. The van der Waals surface area contributed by atoms with Crippen LogP contribution < -0.4 is 0 Å². The largest absolute Gasteiger partial charge is 0.418 e. The van der Waals surface area contributed by atoms with Gasteiger partial charge >= 0.3 is 0 Å². The molecule has 0 unspecified atom stereocenters. The average Bonchev–Trinajstić information content (AvgIpc) is 3.01. The summed E-state index contributed by atoms with van der Waals surface area (Å²) in [5, 5.41) is 0. The third kappa shape index (κ3) is 2.17. The highest BCUT2D eigenvalue weighted by Crippen LogP contribution is 2.28. The third-order valence-electron chi connectivity index (χ3n) is 3.65. The maximum Gasteiger partial charge on any atom is 0.248 e. The lowest BCUT2D eigenvalue weighted by Gasteiger charge is -2.01. The van der Waals surface area contributed by atoms with E-state index in [-0.39, 0.29) is 0 Å². The summed E-state index contributed by atoms with van der Waals surface area (Å²) in [7, 11) is 0. The van der Waals surface area contributed by atoms with Crippen LogP contribution in [0, 0.1) is 6.92 Å². The molecule has 0 N–H and O–H groups in total. The van der Waals surface area contributed by atoms with Crippen molar-refractivity contribution in [2.75, 3.05) is 0 Å². The summed E-state index contributed by atoms with van der Waals surface area (Å²) in [6.45, 7) is 2.04. The zero-order chi connectivity index (χ0) is 14.9. The molecule has 0 fully saturated rings. The van der Waals surface area contributed by atoms with Crippen LogP contribution in [0.1, 0.15) is 5.56 Å². The Bertz CT molecular complexity index is 928. The molecule has 106 valence electrons. The van der Waals surface area contributed by atoms with Crippen LogP contribution in [-0.4, -0.2) is 9.97 Å². The molecule has 0 saturated carbocycles. The Balaban J connectivity index is 1.88. The van der Waals surface area contributed by atoms with Gasteiger partial charge in [0, 0.05) is 11.1 Å². The van der Waals surface area contributed by atoms with Gasteiger partial charge in [0.15, 0.2) is 0 Å². The molecule has 3 nitrogen and oxygen atoms in total. The smallest absolute Gasteiger partial charge is 0.248 e. The predicted molar refractivity (Wildman–Crippen MR) is 87.4 cm³/mol. The van der Waals surface area contributed by atoms with Gasteiger partial charge in [0.05, 0.1) is 5.69 Å². The van der Waals surface area contributed by atoms with Crippen molar-refractivity contribution in [1.82, 2.24) is 9.97 Å². The topological polar surface area (TPSA) is 38.9 Å². The van der Waals surface area contributed by atoms with Crippen molar-refractivity contribution in [2.45, 2.75) is 6.92 Å². The number of aryl methyl sites for hydroxylation is 1. The maximum absolute atomic E-state index is 5.87. The normalized spacial score (nSPS) is 11.0. The molecule has 2 aromatic carbocycles. The van der Waals surface area contributed by atoms with Crippen LogP contribution in [-0.2, 0) is 0 Å². The molecular weight excluding hydrogens is 272 g/mol. The van der Waals surface area contributed by atoms with Crippen LogP contribution in [0.3, 0.4) is 0 Å². The zero-order valence-corrected chi connectivity index (χ0v) is 12.2. The van der Waals surface area contributed by atoms with Crippen LogP contribution >= 0.6 is 0 Å². The molecule has 3 heteroatoms. The van der Waals surface area contributed by atoms with Crippen LogP contribution in [0.5, 0.6) is 0 Å². The monoisotopic (exact) mass is 286 g/mol. The number of benzene rings is 2. The Morgan fingerprint density at radius 1 is 0.773 bits per heavy atom. The summed E-state index contributed by atoms with van der Waals surface area (Å²) >= 11 is 0. The highest BCUT2D eigenvalue weighted by atomic mass is 16.4. The molecule has 0 atom stereocenters. The fraction of sp³-hybridized carbons (Fsp3) is 0.0526. The lowest BCUT2D eigenvalue weighted by molar-refractivity contribution is 0.608. The molecule has 0 amide bonds. The predicted octanol–water partition coefficient (Wildman–Crippen LogP) is 4.87. The standard InChI is InChI=1S/C19H14N2O/c1-13-12-16(14-8-4-2-5-9-14)20-19-17(13)21-18(22-19)15-10-6-3-7-11-15/h2-12H,1H3. The minimum Gasteiger partial charge on any atom is -0.418 e. The number of rotatable bonds is 2.